The maximum atomic E-state index is 12.5. The smallest absolute Gasteiger partial charge is 0.319 e. The third-order valence-corrected chi connectivity index (χ3v) is 8.27. The first-order valence-corrected chi connectivity index (χ1v) is 12.8. The molecule has 1 saturated carbocycles. The van der Waals surface area contributed by atoms with Gasteiger partial charge in [-0.25, -0.2) is 9.78 Å². The van der Waals surface area contributed by atoms with E-state index in [1.54, 1.807) is 11.3 Å². The number of carbonyl (C=O) groups is 1. The van der Waals surface area contributed by atoms with Gasteiger partial charge in [0.25, 0.3) is 0 Å². The van der Waals surface area contributed by atoms with Gasteiger partial charge in [-0.2, -0.15) is 0 Å². The molecule has 2 heterocycles. The molecule has 6 heteroatoms. The van der Waals surface area contributed by atoms with E-state index in [0.717, 1.165) is 38.1 Å². The summed E-state index contributed by atoms with van der Waals surface area (Å²) in [4.78, 5) is 17.6. The van der Waals surface area contributed by atoms with Crippen LogP contribution in [0.15, 0.2) is 51.9 Å². The first-order valence-electron chi connectivity index (χ1n) is 11.1. The molecule has 0 spiro atoms. The molecule has 1 fully saturated rings. The Morgan fingerprint density at radius 2 is 1.94 bits per heavy atom. The van der Waals surface area contributed by atoms with Crippen LogP contribution in [0, 0.1) is 0 Å². The summed E-state index contributed by atoms with van der Waals surface area (Å²) in [5.74, 6) is 0.571. The molecule has 31 heavy (non-hydrogen) atoms. The van der Waals surface area contributed by atoms with Crippen LogP contribution in [0.4, 0.5) is 4.79 Å². The Morgan fingerprint density at radius 1 is 1.13 bits per heavy atom. The number of carbonyl (C=O) groups excluding carboxylic acids is 1. The Morgan fingerprint density at radius 3 is 2.74 bits per heavy atom. The summed E-state index contributed by atoms with van der Waals surface area (Å²) < 4.78 is 1.02. The van der Waals surface area contributed by atoms with Gasteiger partial charge in [0.1, 0.15) is 5.01 Å². The van der Waals surface area contributed by atoms with Gasteiger partial charge in [0.15, 0.2) is 0 Å². The number of benzene rings is 2. The zero-order valence-electron chi connectivity index (χ0n) is 17.6. The molecule has 2 amide bonds. The molecule has 1 aliphatic heterocycles. The lowest BCUT2D eigenvalue weighted by molar-refractivity contribution is 0.240. The third kappa shape index (κ3) is 3.92. The molecule has 1 unspecified atom stereocenters. The van der Waals surface area contributed by atoms with Crippen molar-refractivity contribution < 1.29 is 4.79 Å². The first kappa shape index (κ1) is 20.7. The highest BCUT2D eigenvalue weighted by atomic mass is 79.9. The number of hydrogen-bond donors (Lipinski definition) is 2. The molecule has 2 aromatic carbocycles. The largest absolute Gasteiger partial charge is 0.327 e. The molecule has 4 nitrogen and oxygen atoms in total. The molecule has 0 bridgehead atoms. The molecule has 5 rings (SSSR count). The van der Waals surface area contributed by atoms with Crippen molar-refractivity contribution in [3.8, 4) is 0 Å². The summed E-state index contributed by atoms with van der Waals surface area (Å²) in [6.45, 7) is 2.09. The Balaban J connectivity index is 1.60. The lowest BCUT2D eigenvalue weighted by atomic mass is 9.87. The average molecular weight is 496 g/mol. The van der Waals surface area contributed by atoms with Crippen molar-refractivity contribution in [3.05, 3.63) is 68.2 Å². The number of nitrogens with one attached hydrogen (secondary N) is 2. The van der Waals surface area contributed by atoms with Crippen molar-refractivity contribution in [3.63, 3.8) is 0 Å². The summed E-state index contributed by atoms with van der Waals surface area (Å²) in [6, 6.07) is 12.2. The van der Waals surface area contributed by atoms with E-state index in [1.165, 1.54) is 43.2 Å². The Bertz CT molecular complexity index is 1160. The Kier molecular flexibility index (Phi) is 5.85. The van der Waals surface area contributed by atoms with Gasteiger partial charge >= 0.3 is 6.03 Å². The predicted molar refractivity (Wildman–Crippen MR) is 131 cm³/mol. The fourth-order valence-corrected chi connectivity index (χ4v) is 6.58. The fourth-order valence-electron chi connectivity index (χ4n) is 4.85. The van der Waals surface area contributed by atoms with Crippen molar-refractivity contribution >= 4 is 49.6 Å². The maximum absolute atomic E-state index is 12.5. The second-order valence-electron chi connectivity index (χ2n) is 8.38. The quantitative estimate of drug-likeness (QED) is 0.399. The third-order valence-electron chi connectivity index (χ3n) is 6.49. The normalized spacial score (nSPS) is 20.1. The number of urea groups is 1. The minimum Gasteiger partial charge on any atom is -0.327 e. The number of halogens is 1. The number of aromatic nitrogens is 1. The highest BCUT2D eigenvalue weighted by Gasteiger charge is 2.32. The van der Waals surface area contributed by atoms with E-state index in [-0.39, 0.29) is 12.1 Å². The van der Waals surface area contributed by atoms with Crippen LogP contribution in [0.3, 0.4) is 0 Å². The average Bonchev–Trinajstić information content (AvgIpc) is 3.29. The number of rotatable bonds is 4. The van der Waals surface area contributed by atoms with Crippen molar-refractivity contribution in [2.24, 2.45) is 0 Å². The van der Waals surface area contributed by atoms with Gasteiger partial charge in [0.05, 0.1) is 11.7 Å². The van der Waals surface area contributed by atoms with Crippen molar-refractivity contribution in [2.45, 2.75) is 57.4 Å². The molecule has 2 N–H and O–H groups in total. The standard InChI is InChI=1S/C25H26BrN3OS/c1-2-19-21(24-27-20(14-31-24)16-9-4-3-5-10-16)23(29-25(30)28-19)18-13-12-15-8-6-7-11-17(15)22(18)26/h6-8,11-14,16,23H,2-5,9-10H2,1H3,(H2,28,29,30). The number of fused-ring (bicyclic) bond motifs is 1. The molecule has 1 aliphatic carbocycles. The fraction of sp³-hybridized carbons (Fsp3) is 0.360. The molecule has 2 aliphatic rings. The summed E-state index contributed by atoms with van der Waals surface area (Å²) in [7, 11) is 0. The summed E-state index contributed by atoms with van der Waals surface area (Å²) in [5, 5.41) is 11.8. The number of allylic oxidation sites excluding steroid dienone is 1. The Labute approximate surface area is 195 Å². The van der Waals surface area contributed by atoms with Crippen LogP contribution in [0.1, 0.15) is 73.7 Å². The van der Waals surface area contributed by atoms with Crippen LogP contribution in [0.25, 0.3) is 16.3 Å². The second kappa shape index (κ2) is 8.75. The predicted octanol–water partition coefficient (Wildman–Crippen LogP) is 7.28. The number of nitrogens with zero attached hydrogens (tertiary/aromatic N) is 1. The first-order chi connectivity index (χ1) is 15.2. The van der Waals surface area contributed by atoms with Crippen LogP contribution in [0.2, 0.25) is 0 Å². The maximum Gasteiger partial charge on any atom is 0.319 e. The van der Waals surface area contributed by atoms with Crippen LogP contribution >= 0.6 is 27.3 Å². The SMILES string of the molecule is CCC1=C(c2nc(C3CCCCC3)cs2)C(c2ccc3ccccc3c2Br)NC(=O)N1. The monoisotopic (exact) mass is 495 g/mol. The highest BCUT2D eigenvalue weighted by Crippen LogP contribution is 2.42. The van der Waals surface area contributed by atoms with E-state index in [4.69, 9.17) is 4.98 Å². The lowest BCUT2D eigenvalue weighted by Crippen LogP contribution is -2.43. The van der Waals surface area contributed by atoms with Crippen molar-refractivity contribution in [1.29, 1.82) is 0 Å². The highest BCUT2D eigenvalue weighted by molar-refractivity contribution is 9.10. The molecular weight excluding hydrogens is 470 g/mol. The molecule has 160 valence electrons. The lowest BCUT2D eigenvalue weighted by Gasteiger charge is -2.30. The van der Waals surface area contributed by atoms with E-state index in [2.05, 4.69) is 63.1 Å². The van der Waals surface area contributed by atoms with Crippen molar-refractivity contribution in [1.82, 2.24) is 15.6 Å². The molecule has 1 aromatic heterocycles. The van der Waals surface area contributed by atoms with E-state index in [9.17, 15) is 4.79 Å². The van der Waals surface area contributed by atoms with Gasteiger partial charge in [-0.05, 0) is 51.5 Å². The van der Waals surface area contributed by atoms with Crippen LogP contribution in [-0.2, 0) is 0 Å². The topological polar surface area (TPSA) is 54.0 Å². The summed E-state index contributed by atoms with van der Waals surface area (Å²) in [5.41, 5.74) is 4.32. The number of thiazole rings is 1. The van der Waals surface area contributed by atoms with Crippen molar-refractivity contribution in [2.75, 3.05) is 0 Å². The minimum absolute atomic E-state index is 0.158. The van der Waals surface area contributed by atoms with Gasteiger partial charge in [-0.15, -0.1) is 11.3 Å². The molecule has 0 saturated heterocycles. The van der Waals surface area contributed by atoms with Crippen LogP contribution in [-0.4, -0.2) is 11.0 Å². The minimum atomic E-state index is -0.243. The molecule has 1 atom stereocenters. The van der Waals surface area contributed by atoms with Gasteiger partial charge in [0.2, 0.25) is 0 Å². The zero-order chi connectivity index (χ0) is 21.4. The summed E-state index contributed by atoms with van der Waals surface area (Å²) >= 11 is 5.54. The van der Waals surface area contributed by atoms with E-state index in [1.807, 2.05) is 12.1 Å². The molecule has 0 radical (unpaired) electrons. The van der Waals surface area contributed by atoms with Gasteiger partial charge < -0.3 is 10.6 Å². The van der Waals surface area contributed by atoms with E-state index >= 15 is 0 Å². The second-order valence-corrected chi connectivity index (χ2v) is 10.0. The Hall–Kier alpha value is -2.18. The van der Waals surface area contributed by atoms with Crippen LogP contribution in [0.5, 0.6) is 0 Å². The number of amides is 2. The van der Waals surface area contributed by atoms with Gasteiger partial charge in [-0.3, -0.25) is 0 Å². The molecule has 3 aromatic rings. The van der Waals surface area contributed by atoms with E-state index < -0.39 is 0 Å². The molecular formula is C25H26BrN3OS. The number of hydrogen-bond acceptors (Lipinski definition) is 3. The van der Waals surface area contributed by atoms with E-state index in [0.29, 0.717) is 5.92 Å². The van der Waals surface area contributed by atoms with Crippen LogP contribution < -0.4 is 10.6 Å². The zero-order valence-corrected chi connectivity index (χ0v) is 20.0. The van der Waals surface area contributed by atoms with Gasteiger partial charge in [-0.1, -0.05) is 62.6 Å². The summed E-state index contributed by atoms with van der Waals surface area (Å²) in [6.07, 6.45) is 7.15. The van der Waals surface area contributed by atoms with Gasteiger partial charge in [0, 0.05) is 27.0 Å².